The molecule has 0 spiro atoms. The first-order chi connectivity index (χ1) is 11.7. The van der Waals surface area contributed by atoms with Crippen LogP contribution in [0.25, 0.3) is 10.9 Å². The third-order valence-electron chi connectivity index (χ3n) is 5.00. The van der Waals surface area contributed by atoms with Crippen LogP contribution in [0.3, 0.4) is 0 Å². The van der Waals surface area contributed by atoms with Crippen LogP contribution in [0.5, 0.6) is 0 Å². The van der Waals surface area contributed by atoms with Crippen molar-refractivity contribution < 1.29 is 0 Å². The number of aryl methyl sites for hydroxylation is 1. The molecule has 1 aromatic heterocycles. The first-order valence-corrected chi connectivity index (χ1v) is 8.48. The van der Waals surface area contributed by atoms with Gasteiger partial charge in [-0.25, -0.2) is 4.98 Å². The molecule has 0 amide bonds. The summed E-state index contributed by atoms with van der Waals surface area (Å²) < 4.78 is 0. The summed E-state index contributed by atoms with van der Waals surface area (Å²) in [6, 6.07) is 16.7. The molecule has 0 unspecified atom stereocenters. The zero-order valence-electron chi connectivity index (χ0n) is 13.8. The predicted molar refractivity (Wildman–Crippen MR) is 96.2 cm³/mol. The highest BCUT2D eigenvalue weighted by atomic mass is 16.1. The number of aromatic nitrogens is 2. The van der Waals surface area contributed by atoms with E-state index in [0.717, 1.165) is 37.1 Å². The number of aromatic amines is 1. The van der Waals surface area contributed by atoms with Crippen molar-refractivity contribution in [3.63, 3.8) is 0 Å². The van der Waals surface area contributed by atoms with Crippen LogP contribution in [0.2, 0.25) is 0 Å². The summed E-state index contributed by atoms with van der Waals surface area (Å²) in [5.41, 5.74) is 3.63. The Balaban J connectivity index is 1.50. The Kier molecular flexibility index (Phi) is 3.90. The van der Waals surface area contributed by atoms with Crippen molar-refractivity contribution in [2.24, 2.45) is 0 Å². The van der Waals surface area contributed by atoms with Crippen molar-refractivity contribution in [3.8, 4) is 0 Å². The largest absolute Gasteiger partial charge is 0.310 e. The number of nitrogens with one attached hydrogen (secondary N) is 1. The van der Waals surface area contributed by atoms with Gasteiger partial charge in [-0.3, -0.25) is 9.69 Å². The van der Waals surface area contributed by atoms with E-state index >= 15 is 0 Å². The molecule has 0 saturated heterocycles. The van der Waals surface area contributed by atoms with E-state index in [4.69, 9.17) is 0 Å². The van der Waals surface area contributed by atoms with E-state index in [-0.39, 0.29) is 5.56 Å². The molecule has 1 aliphatic carbocycles. The summed E-state index contributed by atoms with van der Waals surface area (Å²) in [5, 5.41) is 0.652. The molecule has 0 fully saturated rings. The Labute approximate surface area is 141 Å². The van der Waals surface area contributed by atoms with Gasteiger partial charge in [0.1, 0.15) is 5.82 Å². The summed E-state index contributed by atoms with van der Waals surface area (Å²) >= 11 is 0. The molecule has 1 N–H and O–H groups in total. The van der Waals surface area contributed by atoms with Crippen molar-refractivity contribution in [2.75, 3.05) is 13.6 Å². The number of H-pyrrole nitrogens is 1. The minimum Gasteiger partial charge on any atom is -0.310 e. The number of rotatable bonds is 4. The summed E-state index contributed by atoms with van der Waals surface area (Å²) in [6.07, 6.45) is 3.06. The van der Waals surface area contributed by atoms with Gasteiger partial charge in [0.2, 0.25) is 0 Å². The third kappa shape index (κ3) is 2.74. The fourth-order valence-corrected chi connectivity index (χ4v) is 3.68. The zero-order valence-corrected chi connectivity index (χ0v) is 13.8. The molecule has 1 atom stereocenters. The molecule has 24 heavy (non-hydrogen) atoms. The molecule has 4 rings (SSSR count). The van der Waals surface area contributed by atoms with Crippen LogP contribution in [0.15, 0.2) is 53.3 Å². The van der Waals surface area contributed by atoms with Crippen LogP contribution >= 0.6 is 0 Å². The van der Waals surface area contributed by atoms with Gasteiger partial charge in [0.05, 0.1) is 10.9 Å². The van der Waals surface area contributed by atoms with Gasteiger partial charge < -0.3 is 4.98 Å². The maximum atomic E-state index is 12.2. The second-order valence-electron chi connectivity index (χ2n) is 6.51. The van der Waals surface area contributed by atoms with Crippen molar-refractivity contribution in [2.45, 2.75) is 25.3 Å². The highest BCUT2D eigenvalue weighted by molar-refractivity contribution is 5.77. The lowest BCUT2D eigenvalue weighted by atomic mass is 10.1. The van der Waals surface area contributed by atoms with E-state index in [9.17, 15) is 4.79 Å². The average Bonchev–Trinajstić information content (AvgIpc) is 3.04. The minimum absolute atomic E-state index is 0.0514. The maximum absolute atomic E-state index is 12.2. The fraction of sp³-hybridized carbons (Fsp3) is 0.300. The maximum Gasteiger partial charge on any atom is 0.258 e. The monoisotopic (exact) mass is 319 g/mol. The smallest absolute Gasteiger partial charge is 0.258 e. The molecule has 1 heterocycles. The van der Waals surface area contributed by atoms with E-state index < -0.39 is 0 Å². The minimum atomic E-state index is -0.0514. The molecular weight excluding hydrogens is 298 g/mol. The van der Waals surface area contributed by atoms with E-state index in [2.05, 4.69) is 46.2 Å². The van der Waals surface area contributed by atoms with Crippen molar-refractivity contribution in [1.82, 2.24) is 14.9 Å². The van der Waals surface area contributed by atoms with Crippen LogP contribution in [0, 0.1) is 0 Å². The van der Waals surface area contributed by atoms with Gasteiger partial charge in [-0.2, -0.15) is 0 Å². The van der Waals surface area contributed by atoms with Crippen molar-refractivity contribution >= 4 is 10.9 Å². The van der Waals surface area contributed by atoms with Gasteiger partial charge >= 0.3 is 0 Å². The number of para-hydroxylation sites is 1. The van der Waals surface area contributed by atoms with Gasteiger partial charge in [0.15, 0.2) is 0 Å². The van der Waals surface area contributed by atoms with Crippen LogP contribution in [0.1, 0.15) is 29.4 Å². The summed E-state index contributed by atoms with van der Waals surface area (Å²) in [6.45, 7) is 0.875. The first kappa shape index (κ1) is 15.1. The fourth-order valence-electron chi connectivity index (χ4n) is 3.68. The topological polar surface area (TPSA) is 49.0 Å². The molecule has 0 radical (unpaired) electrons. The highest BCUT2D eigenvalue weighted by Gasteiger charge is 2.25. The lowest BCUT2D eigenvalue weighted by Gasteiger charge is -2.25. The molecule has 4 heteroatoms. The number of benzene rings is 2. The van der Waals surface area contributed by atoms with E-state index in [0.29, 0.717) is 11.4 Å². The van der Waals surface area contributed by atoms with E-state index in [1.165, 1.54) is 11.1 Å². The van der Waals surface area contributed by atoms with Gasteiger partial charge in [0, 0.05) is 19.0 Å². The Bertz CT molecular complexity index is 931. The van der Waals surface area contributed by atoms with Gasteiger partial charge in [-0.15, -0.1) is 0 Å². The lowest BCUT2D eigenvalue weighted by Crippen LogP contribution is -2.26. The summed E-state index contributed by atoms with van der Waals surface area (Å²) in [5.74, 6) is 0.761. The van der Waals surface area contributed by atoms with Gasteiger partial charge in [-0.1, -0.05) is 36.4 Å². The van der Waals surface area contributed by atoms with Crippen LogP contribution < -0.4 is 5.56 Å². The Morgan fingerprint density at radius 1 is 1.17 bits per heavy atom. The van der Waals surface area contributed by atoms with Crippen LogP contribution in [-0.4, -0.2) is 28.5 Å². The number of likely N-dealkylation sites (N-methyl/N-ethyl adjacent to an activating group) is 1. The van der Waals surface area contributed by atoms with Crippen LogP contribution in [0.4, 0.5) is 0 Å². The molecule has 0 saturated carbocycles. The second-order valence-corrected chi connectivity index (χ2v) is 6.51. The second kappa shape index (κ2) is 6.21. The Morgan fingerprint density at radius 3 is 2.88 bits per heavy atom. The summed E-state index contributed by atoms with van der Waals surface area (Å²) in [4.78, 5) is 22.0. The first-order valence-electron chi connectivity index (χ1n) is 8.48. The van der Waals surface area contributed by atoms with Gasteiger partial charge in [-0.05, 0) is 43.1 Å². The molecule has 1 aliphatic rings. The number of hydrogen-bond donors (Lipinski definition) is 1. The van der Waals surface area contributed by atoms with Crippen LogP contribution in [-0.2, 0) is 12.8 Å². The van der Waals surface area contributed by atoms with Crippen molar-refractivity contribution in [3.05, 3.63) is 75.8 Å². The molecular formula is C20H21N3O. The molecule has 2 aromatic carbocycles. The highest BCUT2D eigenvalue weighted by Crippen LogP contribution is 2.34. The quantitative estimate of drug-likeness (QED) is 0.804. The van der Waals surface area contributed by atoms with Crippen molar-refractivity contribution in [1.29, 1.82) is 0 Å². The molecule has 0 aliphatic heterocycles. The normalized spacial score (nSPS) is 16.7. The predicted octanol–water partition coefficient (Wildman–Crippen LogP) is 3.08. The lowest BCUT2D eigenvalue weighted by molar-refractivity contribution is 0.246. The number of hydrogen-bond acceptors (Lipinski definition) is 3. The Hall–Kier alpha value is -2.46. The standard InChI is InChI=1S/C20H21N3O/c1-23(18-11-10-14-6-2-3-7-15(14)18)13-12-19-21-17-9-5-4-8-16(17)20(24)22-19/h2-9,18H,10-13H2,1H3,(H,21,22,24)/t18-/m1/s1. The van der Waals surface area contributed by atoms with E-state index in [1.54, 1.807) is 0 Å². The Morgan fingerprint density at radius 2 is 1.96 bits per heavy atom. The zero-order chi connectivity index (χ0) is 16.5. The summed E-state index contributed by atoms with van der Waals surface area (Å²) in [7, 11) is 2.16. The number of fused-ring (bicyclic) bond motifs is 2. The SMILES string of the molecule is CN(CCc1nc2ccccc2c(=O)[nH]1)[C@@H]1CCc2ccccc21. The third-order valence-corrected chi connectivity index (χ3v) is 5.00. The number of nitrogens with zero attached hydrogens (tertiary/aromatic N) is 2. The molecule has 122 valence electrons. The average molecular weight is 319 g/mol. The van der Waals surface area contributed by atoms with Gasteiger partial charge in [0.25, 0.3) is 5.56 Å². The van der Waals surface area contributed by atoms with E-state index in [1.807, 2.05) is 24.3 Å². The molecule has 3 aromatic rings. The molecule has 4 nitrogen and oxygen atoms in total. The molecule has 0 bridgehead atoms.